The largest absolute Gasteiger partial charge is 0.399 e. The molecule has 0 amide bonds. The van der Waals surface area contributed by atoms with Gasteiger partial charge in [0.15, 0.2) is 0 Å². The monoisotopic (exact) mass is 274 g/mol. The molecule has 3 atom stereocenters. The summed E-state index contributed by atoms with van der Waals surface area (Å²) in [6, 6.07) is 0.226. The van der Waals surface area contributed by atoms with Crippen LogP contribution in [0.3, 0.4) is 0 Å². The van der Waals surface area contributed by atoms with Crippen LogP contribution in [0.4, 0.5) is 0 Å². The lowest BCUT2D eigenvalue weighted by atomic mass is 9.79. The van der Waals surface area contributed by atoms with E-state index in [0.29, 0.717) is 5.70 Å². The third kappa shape index (κ3) is 3.91. The van der Waals surface area contributed by atoms with Gasteiger partial charge in [0, 0.05) is 11.4 Å². The number of allylic oxidation sites excluding steroid dienone is 1. The van der Waals surface area contributed by atoms with Crippen LogP contribution in [0.2, 0.25) is 0 Å². The molecule has 0 aromatic carbocycles. The zero-order valence-electron chi connectivity index (χ0n) is 13.0. The molecule has 0 aliphatic heterocycles. The van der Waals surface area contributed by atoms with E-state index < -0.39 is 0 Å². The maximum absolute atomic E-state index is 5.84. The van der Waals surface area contributed by atoms with Crippen molar-refractivity contribution in [3.8, 4) is 0 Å². The van der Waals surface area contributed by atoms with Crippen LogP contribution in [0.1, 0.15) is 51.9 Å². The van der Waals surface area contributed by atoms with Gasteiger partial charge in [0.25, 0.3) is 0 Å². The summed E-state index contributed by atoms with van der Waals surface area (Å²) in [6.07, 6.45) is 8.95. The van der Waals surface area contributed by atoms with E-state index in [4.69, 9.17) is 5.73 Å². The Kier molecular flexibility index (Phi) is 4.95. The molecule has 0 aromatic heterocycles. The van der Waals surface area contributed by atoms with Crippen molar-refractivity contribution in [3.63, 3.8) is 0 Å². The summed E-state index contributed by atoms with van der Waals surface area (Å²) >= 11 is 0. The molecule has 2 fully saturated rings. The van der Waals surface area contributed by atoms with E-state index in [1.165, 1.54) is 32.1 Å². The molecule has 2 aliphatic carbocycles. The summed E-state index contributed by atoms with van der Waals surface area (Å²) in [6.45, 7) is 14.5. The fourth-order valence-electron chi connectivity index (χ4n) is 3.26. The van der Waals surface area contributed by atoms with Crippen LogP contribution in [0, 0.1) is 17.8 Å². The van der Waals surface area contributed by atoms with Gasteiger partial charge in [-0.25, -0.2) is 0 Å². The summed E-state index contributed by atoms with van der Waals surface area (Å²) in [5, 5.41) is 3.58. The van der Waals surface area contributed by atoms with Gasteiger partial charge in [-0.1, -0.05) is 52.3 Å². The minimum absolute atomic E-state index is 0.226. The molecule has 2 heteroatoms. The molecule has 0 aromatic rings. The first kappa shape index (κ1) is 15.2. The van der Waals surface area contributed by atoms with Crippen molar-refractivity contribution in [3.05, 3.63) is 36.7 Å². The highest BCUT2D eigenvalue weighted by Gasteiger charge is 2.35. The molecule has 0 bridgehead atoms. The van der Waals surface area contributed by atoms with Gasteiger partial charge in [-0.3, -0.25) is 0 Å². The number of nitrogens with two attached hydrogens (primary N) is 1. The van der Waals surface area contributed by atoms with Crippen molar-refractivity contribution in [1.82, 2.24) is 5.32 Å². The highest BCUT2D eigenvalue weighted by Crippen LogP contribution is 2.44. The summed E-state index contributed by atoms with van der Waals surface area (Å²) in [7, 11) is 0. The molecule has 2 saturated carbocycles. The van der Waals surface area contributed by atoms with Crippen molar-refractivity contribution in [2.75, 3.05) is 0 Å². The molecule has 0 radical (unpaired) electrons. The molecular formula is C18H30N2. The number of rotatable bonds is 9. The predicted octanol–water partition coefficient (Wildman–Crippen LogP) is 4.11. The Morgan fingerprint density at radius 3 is 2.40 bits per heavy atom. The molecule has 2 aliphatic rings. The van der Waals surface area contributed by atoms with Crippen LogP contribution >= 0.6 is 0 Å². The van der Waals surface area contributed by atoms with E-state index in [1.54, 1.807) is 0 Å². The minimum atomic E-state index is 0.226. The van der Waals surface area contributed by atoms with E-state index >= 15 is 0 Å². The Labute approximate surface area is 124 Å². The van der Waals surface area contributed by atoms with Gasteiger partial charge in [0.2, 0.25) is 0 Å². The number of hydrogen-bond acceptors (Lipinski definition) is 2. The van der Waals surface area contributed by atoms with Crippen molar-refractivity contribution in [1.29, 1.82) is 0 Å². The molecule has 3 N–H and O–H groups in total. The average Bonchev–Trinajstić information content (AvgIpc) is 3.09. The van der Waals surface area contributed by atoms with Gasteiger partial charge in [-0.15, -0.1) is 0 Å². The average molecular weight is 274 g/mol. The van der Waals surface area contributed by atoms with Crippen LogP contribution < -0.4 is 11.1 Å². The SMILES string of the molecule is C=C(C[C@H]1C[C@H]1CC)NC(CC1CCC1)C(=C)C(=C)N. The first-order chi connectivity index (χ1) is 9.51. The molecular weight excluding hydrogens is 244 g/mol. The molecule has 20 heavy (non-hydrogen) atoms. The Morgan fingerprint density at radius 1 is 1.25 bits per heavy atom. The van der Waals surface area contributed by atoms with Gasteiger partial charge >= 0.3 is 0 Å². The van der Waals surface area contributed by atoms with E-state index in [9.17, 15) is 0 Å². The topological polar surface area (TPSA) is 38.0 Å². The van der Waals surface area contributed by atoms with Crippen molar-refractivity contribution >= 4 is 0 Å². The van der Waals surface area contributed by atoms with E-state index in [-0.39, 0.29) is 6.04 Å². The third-order valence-electron chi connectivity index (χ3n) is 5.11. The molecule has 2 rings (SSSR count). The molecule has 2 nitrogen and oxygen atoms in total. The first-order valence-corrected chi connectivity index (χ1v) is 8.09. The maximum atomic E-state index is 5.84. The second kappa shape index (κ2) is 6.51. The Hall–Kier alpha value is -1.18. The molecule has 0 heterocycles. The van der Waals surface area contributed by atoms with Crippen molar-refractivity contribution < 1.29 is 0 Å². The van der Waals surface area contributed by atoms with Crippen LogP contribution in [0.25, 0.3) is 0 Å². The first-order valence-electron chi connectivity index (χ1n) is 8.09. The fraction of sp³-hybridized carbons (Fsp3) is 0.667. The van der Waals surface area contributed by atoms with Crippen LogP contribution in [-0.2, 0) is 0 Å². The van der Waals surface area contributed by atoms with Gasteiger partial charge in [0.1, 0.15) is 0 Å². The summed E-state index contributed by atoms with van der Waals surface area (Å²) < 4.78 is 0. The summed E-state index contributed by atoms with van der Waals surface area (Å²) in [5.74, 6) is 2.59. The summed E-state index contributed by atoms with van der Waals surface area (Å²) in [5.41, 5.74) is 8.54. The quantitative estimate of drug-likeness (QED) is 0.621. The lowest BCUT2D eigenvalue weighted by molar-refractivity contribution is 0.275. The lowest BCUT2D eigenvalue weighted by Crippen LogP contribution is -2.35. The minimum Gasteiger partial charge on any atom is -0.399 e. The van der Waals surface area contributed by atoms with Crippen molar-refractivity contribution in [2.45, 2.75) is 57.9 Å². The fourth-order valence-corrected chi connectivity index (χ4v) is 3.26. The Bertz CT molecular complexity index is 392. The molecule has 0 spiro atoms. The second-order valence-electron chi connectivity index (χ2n) is 6.75. The van der Waals surface area contributed by atoms with Crippen LogP contribution in [0.5, 0.6) is 0 Å². The smallest absolute Gasteiger partial charge is 0.0527 e. The summed E-state index contributed by atoms with van der Waals surface area (Å²) in [4.78, 5) is 0. The van der Waals surface area contributed by atoms with Gasteiger partial charge in [-0.05, 0) is 42.6 Å². The predicted molar refractivity (Wildman–Crippen MR) is 87.0 cm³/mol. The van der Waals surface area contributed by atoms with E-state index in [0.717, 1.165) is 41.9 Å². The van der Waals surface area contributed by atoms with E-state index in [2.05, 4.69) is 32.0 Å². The van der Waals surface area contributed by atoms with Crippen molar-refractivity contribution in [2.24, 2.45) is 23.5 Å². The normalized spacial score (nSPS) is 26.4. The van der Waals surface area contributed by atoms with Gasteiger partial charge in [-0.2, -0.15) is 0 Å². The third-order valence-corrected chi connectivity index (χ3v) is 5.11. The second-order valence-corrected chi connectivity index (χ2v) is 6.75. The zero-order chi connectivity index (χ0) is 14.7. The molecule has 112 valence electrons. The maximum Gasteiger partial charge on any atom is 0.0527 e. The zero-order valence-corrected chi connectivity index (χ0v) is 13.0. The highest BCUT2D eigenvalue weighted by atomic mass is 14.9. The van der Waals surface area contributed by atoms with Gasteiger partial charge < -0.3 is 11.1 Å². The van der Waals surface area contributed by atoms with Crippen LogP contribution in [0.15, 0.2) is 36.7 Å². The molecule has 1 unspecified atom stereocenters. The number of nitrogens with one attached hydrogen (secondary N) is 1. The number of hydrogen-bond donors (Lipinski definition) is 2. The Morgan fingerprint density at radius 2 is 1.95 bits per heavy atom. The van der Waals surface area contributed by atoms with Crippen LogP contribution in [-0.4, -0.2) is 6.04 Å². The molecule has 0 saturated heterocycles. The Balaban J connectivity index is 1.84. The standard InChI is InChI=1S/C18H30N2/c1-5-16-11-17(16)9-12(2)20-18(13(3)14(4)19)10-15-7-6-8-15/h15-18,20H,2-11,19H2,1H3/t16-,17+,18?/m1/s1. The highest BCUT2D eigenvalue weighted by molar-refractivity contribution is 5.29. The lowest BCUT2D eigenvalue weighted by Gasteiger charge is -2.32. The van der Waals surface area contributed by atoms with E-state index in [1.807, 2.05) is 0 Å². The van der Waals surface area contributed by atoms with Gasteiger partial charge in [0.05, 0.1) is 6.04 Å².